The summed E-state index contributed by atoms with van der Waals surface area (Å²) < 4.78 is 0. The maximum atomic E-state index is 6.20. The van der Waals surface area contributed by atoms with Gasteiger partial charge >= 0.3 is 0 Å². The summed E-state index contributed by atoms with van der Waals surface area (Å²) in [5.41, 5.74) is 3.29. The second-order valence-corrected chi connectivity index (χ2v) is 11.1. The zero-order chi connectivity index (χ0) is 19.7. The highest BCUT2D eigenvalue weighted by Crippen LogP contribution is 2.60. The van der Waals surface area contributed by atoms with Crippen LogP contribution in [0.4, 0.5) is 0 Å². The van der Waals surface area contributed by atoms with E-state index < -0.39 is 0 Å². The van der Waals surface area contributed by atoms with E-state index >= 15 is 0 Å². The van der Waals surface area contributed by atoms with Gasteiger partial charge < -0.3 is 9.80 Å². The lowest BCUT2D eigenvalue weighted by Crippen LogP contribution is -2.52. The molecule has 3 heteroatoms. The summed E-state index contributed by atoms with van der Waals surface area (Å²) in [6, 6.07) is 6.54. The summed E-state index contributed by atoms with van der Waals surface area (Å²) in [5.74, 6) is 3.16. The summed E-state index contributed by atoms with van der Waals surface area (Å²) in [6.45, 7) is 7.09. The van der Waals surface area contributed by atoms with E-state index in [0.717, 1.165) is 29.2 Å². The summed E-state index contributed by atoms with van der Waals surface area (Å²) in [7, 11) is 4.42. The van der Waals surface area contributed by atoms with Crippen molar-refractivity contribution in [2.24, 2.45) is 23.2 Å². The van der Waals surface area contributed by atoms with Gasteiger partial charge in [-0.05, 0) is 119 Å². The molecule has 0 aliphatic heterocycles. The van der Waals surface area contributed by atoms with Crippen LogP contribution >= 0.6 is 11.6 Å². The van der Waals surface area contributed by atoms with E-state index in [1.807, 2.05) is 0 Å². The molecule has 4 aliphatic rings. The molecule has 2 nitrogen and oxygen atoms in total. The van der Waals surface area contributed by atoms with Crippen molar-refractivity contribution in [1.29, 1.82) is 0 Å². The fraction of sp³-hybridized carbons (Fsp3) is 0.760. The Hall–Kier alpha value is -0.570. The molecule has 28 heavy (non-hydrogen) atoms. The van der Waals surface area contributed by atoms with Gasteiger partial charge in [-0.2, -0.15) is 0 Å². The maximum Gasteiger partial charge on any atom is 0.0435 e. The zero-order valence-corrected chi connectivity index (χ0v) is 19.0. The molecule has 156 valence electrons. The van der Waals surface area contributed by atoms with Crippen LogP contribution in [0.1, 0.15) is 56.1 Å². The Morgan fingerprint density at radius 3 is 2.18 bits per heavy atom. The highest BCUT2D eigenvalue weighted by atomic mass is 35.5. The Balaban J connectivity index is 1.35. The second kappa shape index (κ2) is 8.66. The third kappa shape index (κ3) is 4.94. The molecular formula is C25H39ClN2. The van der Waals surface area contributed by atoms with Gasteiger partial charge in [0, 0.05) is 24.7 Å². The molecule has 0 aromatic heterocycles. The van der Waals surface area contributed by atoms with Crippen molar-refractivity contribution in [3.63, 3.8) is 0 Å². The minimum Gasteiger partial charge on any atom is -0.308 e. The van der Waals surface area contributed by atoms with Crippen molar-refractivity contribution in [2.45, 2.75) is 58.3 Å². The van der Waals surface area contributed by atoms with E-state index in [0.29, 0.717) is 5.41 Å². The average molecular weight is 403 g/mol. The van der Waals surface area contributed by atoms with Crippen LogP contribution in [0, 0.1) is 30.1 Å². The third-order valence-electron chi connectivity index (χ3n) is 7.75. The number of hydrogen-bond donors (Lipinski definition) is 0. The van der Waals surface area contributed by atoms with E-state index in [1.165, 1.54) is 63.0 Å². The van der Waals surface area contributed by atoms with E-state index in [-0.39, 0.29) is 0 Å². The van der Waals surface area contributed by atoms with Crippen molar-refractivity contribution >= 4 is 11.6 Å². The van der Waals surface area contributed by atoms with Gasteiger partial charge in [-0.3, -0.25) is 0 Å². The second-order valence-electron chi connectivity index (χ2n) is 10.7. The van der Waals surface area contributed by atoms with Crippen LogP contribution < -0.4 is 0 Å². The standard InChI is InChI=1S/C25H39ClN2/c1-19-11-20(6-7-24(19)26)5-4-8-28(10-9-27(2)3)18-25-15-21-12-22(16-25)14-23(13-21)17-25/h6-7,11,21-23H,4-5,8-10,12-18H2,1-3H3. The van der Waals surface area contributed by atoms with Gasteiger partial charge in [0.2, 0.25) is 0 Å². The van der Waals surface area contributed by atoms with E-state index in [4.69, 9.17) is 11.6 Å². The summed E-state index contributed by atoms with van der Waals surface area (Å²) in [4.78, 5) is 5.16. The molecule has 0 heterocycles. The molecule has 0 saturated heterocycles. The molecule has 1 aromatic carbocycles. The first-order valence-corrected chi connectivity index (χ1v) is 11.9. The Labute approximate surface area is 177 Å². The van der Waals surface area contributed by atoms with Crippen molar-refractivity contribution in [3.05, 3.63) is 34.3 Å². The minimum atomic E-state index is 0.651. The van der Waals surface area contributed by atoms with Gasteiger partial charge in [-0.1, -0.05) is 23.7 Å². The summed E-state index contributed by atoms with van der Waals surface area (Å²) >= 11 is 6.20. The lowest BCUT2D eigenvalue weighted by Gasteiger charge is -2.58. The van der Waals surface area contributed by atoms with Crippen molar-refractivity contribution < 1.29 is 0 Å². The molecule has 0 N–H and O–H groups in total. The third-order valence-corrected chi connectivity index (χ3v) is 8.17. The fourth-order valence-corrected chi connectivity index (χ4v) is 7.06. The van der Waals surface area contributed by atoms with Gasteiger partial charge in [0.25, 0.3) is 0 Å². The molecule has 1 aromatic rings. The number of likely N-dealkylation sites (N-methyl/N-ethyl adjacent to an activating group) is 1. The molecule has 0 unspecified atom stereocenters. The van der Waals surface area contributed by atoms with E-state index in [1.54, 1.807) is 19.3 Å². The number of hydrogen-bond acceptors (Lipinski definition) is 2. The van der Waals surface area contributed by atoms with Crippen LogP contribution in [0.5, 0.6) is 0 Å². The smallest absolute Gasteiger partial charge is 0.0435 e. The zero-order valence-electron chi connectivity index (χ0n) is 18.2. The van der Waals surface area contributed by atoms with Crippen LogP contribution in [0.15, 0.2) is 18.2 Å². The molecule has 0 amide bonds. The van der Waals surface area contributed by atoms with Gasteiger partial charge in [0.1, 0.15) is 0 Å². The molecule has 0 atom stereocenters. The first-order chi connectivity index (χ1) is 13.4. The van der Waals surface area contributed by atoms with Gasteiger partial charge in [0.15, 0.2) is 0 Å². The lowest BCUT2D eigenvalue weighted by molar-refractivity contribution is -0.0695. The largest absolute Gasteiger partial charge is 0.308 e. The van der Waals surface area contributed by atoms with Crippen LogP contribution in [0.3, 0.4) is 0 Å². The first-order valence-electron chi connectivity index (χ1n) is 11.5. The predicted octanol–water partition coefficient (Wildman–Crippen LogP) is 5.66. The van der Waals surface area contributed by atoms with Crippen LogP contribution in [0.2, 0.25) is 5.02 Å². The average Bonchev–Trinajstić information content (AvgIpc) is 2.61. The fourth-order valence-electron chi connectivity index (χ4n) is 6.94. The first kappa shape index (κ1) is 20.7. The SMILES string of the molecule is Cc1cc(CCCN(CCN(C)C)CC23CC4CC(CC(C4)C2)C3)ccc1Cl. The quantitative estimate of drug-likeness (QED) is 0.525. The van der Waals surface area contributed by atoms with Crippen LogP contribution in [-0.4, -0.2) is 50.1 Å². The van der Waals surface area contributed by atoms with Gasteiger partial charge in [-0.25, -0.2) is 0 Å². The molecule has 5 rings (SSSR count). The molecule has 0 spiro atoms. The monoisotopic (exact) mass is 402 g/mol. The summed E-state index contributed by atoms with van der Waals surface area (Å²) in [6.07, 6.45) is 11.6. The number of rotatable bonds is 9. The van der Waals surface area contributed by atoms with Crippen molar-refractivity contribution in [1.82, 2.24) is 9.80 Å². The molecule has 4 fully saturated rings. The number of benzene rings is 1. The lowest BCUT2D eigenvalue weighted by atomic mass is 9.49. The summed E-state index contributed by atoms with van der Waals surface area (Å²) in [5, 5.41) is 0.887. The Morgan fingerprint density at radius 2 is 1.61 bits per heavy atom. The highest BCUT2D eigenvalue weighted by molar-refractivity contribution is 6.31. The van der Waals surface area contributed by atoms with E-state index in [2.05, 4.69) is 49.0 Å². The molecule has 4 saturated carbocycles. The molecule has 4 aliphatic carbocycles. The highest BCUT2D eigenvalue weighted by Gasteiger charge is 2.51. The van der Waals surface area contributed by atoms with Crippen LogP contribution in [-0.2, 0) is 6.42 Å². The van der Waals surface area contributed by atoms with Crippen molar-refractivity contribution in [3.8, 4) is 0 Å². The molecule has 4 bridgehead atoms. The maximum absolute atomic E-state index is 6.20. The normalized spacial score (nSPS) is 31.3. The van der Waals surface area contributed by atoms with Crippen LogP contribution in [0.25, 0.3) is 0 Å². The van der Waals surface area contributed by atoms with Crippen molar-refractivity contribution in [2.75, 3.05) is 40.3 Å². The Bertz CT molecular complexity index is 633. The Morgan fingerprint density at radius 1 is 0.964 bits per heavy atom. The number of nitrogens with zero attached hydrogens (tertiary/aromatic N) is 2. The number of aryl methyl sites for hydroxylation is 2. The van der Waals surface area contributed by atoms with E-state index in [9.17, 15) is 0 Å². The topological polar surface area (TPSA) is 6.48 Å². The minimum absolute atomic E-state index is 0.651. The molecular weight excluding hydrogens is 364 g/mol. The Kier molecular flexibility index (Phi) is 6.40. The predicted molar refractivity (Wildman–Crippen MR) is 120 cm³/mol. The van der Waals surface area contributed by atoms with Gasteiger partial charge in [0.05, 0.1) is 0 Å². The number of halogens is 1. The molecule has 0 radical (unpaired) electrons. The van der Waals surface area contributed by atoms with Gasteiger partial charge in [-0.15, -0.1) is 0 Å².